The van der Waals surface area contributed by atoms with Crippen LogP contribution in [-0.4, -0.2) is 37.9 Å². The topological polar surface area (TPSA) is 119 Å². The molecule has 1 aromatic carbocycles. The number of methoxy groups -OCH3 is 1. The second-order valence-electron chi connectivity index (χ2n) is 5.62. The van der Waals surface area contributed by atoms with Crippen LogP contribution in [0.1, 0.15) is 0 Å². The van der Waals surface area contributed by atoms with Crippen LogP contribution in [0.25, 0.3) is 22.4 Å². The molecule has 9 nitrogen and oxygen atoms in total. The van der Waals surface area contributed by atoms with Crippen molar-refractivity contribution in [2.75, 3.05) is 12.9 Å². The van der Waals surface area contributed by atoms with Gasteiger partial charge in [-0.05, 0) is 12.1 Å². The maximum Gasteiger partial charge on any atom is 0.332 e. The molecule has 3 rings (SSSR count). The van der Waals surface area contributed by atoms with E-state index in [1.165, 1.54) is 25.8 Å². The van der Waals surface area contributed by atoms with E-state index in [0.717, 1.165) is 16.3 Å². The van der Waals surface area contributed by atoms with E-state index in [4.69, 9.17) is 4.74 Å². The quantitative estimate of drug-likeness (QED) is 0.426. The molecule has 0 amide bonds. The van der Waals surface area contributed by atoms with Gasteiger partial charge >= 0.3 is 5.69 Å². The van der Waals surface area contributed by atoms with Crippen molar-refractivity contribution in [1.29, 1.82) is 0 Å². The predicted octanol–water partition coefficient (Wildman–Crippen LogP) is -0.455. The second kappa shape index (κ2) is 7.23. The Balaban J connectivity index is 2.40. The minimum absolute atomic E-state index is 0.0736. The third-order valence-corrected chi connectivity index (χ3v) is 4.89. The molecule has 0 atom stereocenters. The van der Waals surface area contributed by atoms with Crippen LogP contribution in [0.5, 0.6) is 5.75 Å². The van der Waals surface area contributed by atoms with Gasteiger partial charge in [-0.15, -0.1) is 0 Å². The summed E-state index contributed by atoms with van der Waals surface area (Å²) in [6.45, 7) is 0. The number of carboxylic acid groups (broad SMARTS) is 1. The molecule has 0 unspecified atom stereocenters. The summed E-state index contributed by atoms with van der Waals surface area (Å²) in [5.74, 6) is -0.985. The lowest BCUT2D eigenvalue weighted by Gasteiger charge is -2.13. The SMILES string of the molecule is COc1ccccc1-c1nc(SCC(=O)[O-])c2c(=O)n(C)c(=O)n(C)c2n1. The Labute approximate surface area is 157 Å². The summed E-state index contributed by atoms with van der Waals surface area (Å²) in [6, 6.07) is 7.00. The minimum atomic E-state index is -1.30. The van der Waals surface area contributed by atoms with Crippen molar-refractivity contribution in [2.45, 2.75) is 5.03 Å². The zero-order valence-corrected chi connectivity index (χ0v) is 15.6. The predicted molar refractivity (Wildman–Crippen MR) is 97.7 cm³/mol. The number of nitrogens with zero attached hydrogens (tertiary/aromatic N) is 4. The van der Waals surface area contributed by atoms with Crippen LogP contribution in [0.3, 0.4) is 0 Å². The molecule has 0 saturated carbocycles. The highest BCUT2D eigenvalue weighted by atomic mass is 32.2. The van der Waals surface area contributed by atoms with E-state index in [0.29, 0.717) is 11.3 Å². The van der Waals surface area contributed by atoms with E-state index in [-0.39, 0.29) is 21.9 Å². The number of carbonyl (C=O) groups excluding carboxylic acids is 1. The number of fused-ring (bicyclic) bond motifs is 1. The van der Waals surface area contributed by atoms with Crippen molar-refractivity contribution < 1.29 is 14.6 Å². The van der Waals surface area contributed by atoms with Crippen LogP contribution in [-0.2, 0) is 18.9 Å². The Kier molecular flexibility index (Phi) is 5.00. The molecule has 2 aromatic heterocycles. The number of rotatable bonds is 5. The Bertz CT molecular complexity index is 1170. The van der Waals surface area contributed by atoms with Crippen molar-refractivity contribution in [1.82, 2.24) is 19.1 Å². The van der Waals surface area contributed by atoms with Crippen molar-refractivity contribution in [2.24, 2.45) is 14.1 Å². The van der Waals surface area contributed by atoms with Crippen molar-refractivity contribution in [3.63, 3.8) is 0 Å². The fourth-order valence-corrected chi connectivity index (χ4v) is 3.34. The van der Waals surface area contributed by atoms with Gasteiger partial charge in [0.25, 0.3) is 5.56 Å². The largest absolute Gasteiger partial charge is 0.549 e. The molecule has 2 heterocycles. The van der Waals surface area contributed by atoms with Crippen molar-refractivity contribution >= 4 is 28.8 Å². The number of aliphatic carboxylic acids is 1. The Hall–Kier alpha value is -3.14. The molecule has 0 spiro atoms. The molecule has 0 aliphatic carbocycles. The molecular weight excluding hydrogens is 372 g/mol. The van der Waals surface area contributed by atoms with Crippen molar-refractivity contribution in [3.05, 3.63) is 45.1 Å². The number of hydrogen-bond donors (Lipinski definition) is 0. The number of ether oxygens (including phenoxy) is 1. The number of aryl methyl sites for hydroxylation is 1. The lowest BCUT2D eigenvalue weighted by Crippen LogP contribution is -2.37. The zero-order chi connectivity index (χ0) is 19.7. The fourth-order valence-electron chi connectivity index (χ4n) is 2.61. The summed E-state index contributed by atoms with van der Waals surface area (Å²) in [5, 5.41) is 11.1. The standard InChI is InChI=1S/C17H16N4O5S/c1-20-14-12(16(24)21(2)17(20)25)15(27-8-11(22)23)19-13(18-14)9-6-4-5-7-10(9)26-3/h4-7H,8H2,1-3H3,(H,22,23)/p-1. The maximum absolute atomic E-state index is 12.6. The number of hydrogen-bond acceptors (Lipinski definition) is 8. The summed E-state index contributed by atoms with van der Waals surface area (Å²) >= 11 is 0.835. The molecule has 0 saturated heterocycles. The second-order valence-corrected chi connectivity index (χ2v) is 6.58. The molecule has 27 heavy (non-hydrogen) atoms. The average Bonchev–Trinajstić information content (AvgIpc) is 2.68. The Morgan fingerprint density at radius 3 is 2.56 bits per heavy atom. The van der Waals surface area contributed by atoms with Crippen LogP contribution in [0.2, 0.25) is 0 Å². The third-order valence-electron chi connectivity index (χ3n) is 3.94. The summed E-state index contributed by atoms with van der Waals surface area (Å²) in [6.07, 6.45) is 0. The van der Waals surface area contributed by atoms with Gasteiger partial charge in [0, 0.05) is 19.8 Å². The monoisotopic (exact) mass is 387 g/mol. The number of carbonyl (C=O) groups is 1. The molecule has 0 aliphatic rings. The van der Waals surface area contributed by atoms with Crippen LogP contribution >= 0.6 is 11.8 Å². The summed E-state index contributed by atoms with van der Waals surface area (Å²) in [4.78, 5) is 44.6. The van der Waals surface area contributed by atoms with E-state index in [2.05, 4.69) is 9.97 Å². The van der Waals surface area contributed by atoms with E-state index >= 15 is 0 Å². The molecule has 3 aromatic rings. The number of benzene rings is 1. The van der Waals surface area contributed by atoms with Crippen molar-refractivity contribution in [3.8, 4) is 17.1 Å². The zero-order valence-electron chi connectivity index (χ0n) is 14.8. The van der Waals surface area contributed by atoms with Gasteiger partial charge < -0.3 is 14.6 Å². The number of aromatic nitrogens is 4. The molecule has 0 fully saturated rings. The Morgan fingerprint density at radius 1 is 1.19 bits per heavy atom. The van der Waals surface area contributed by atoms with Gasteiger partial charge in [-0.25, -0.2) is 14.8 Å². The summed E-state index contributed by atoms with van der Waals surface area (Å²) in [7, 11) is 4.32. The van der Waals surface area contributed by atoms with Crippen LogP contribution in [0.15, 0.2) is 38.9 Å². The smallest absolute Gasteiger partial charge is 0.332 e. The van der Waals surface area contributed by atoms with Gasteiger partial charge in [-0.2, -0.15) is 0 Å². The molecule has 0 N–H and O–H groups in total. The lowest BCUT2D eigenvalue weighted by atomic mass is 10.2. The average molecular weight is 387 g/mol. The lowest BCUT2D eigenvalue weighted by molar-refractivity contribution is -0.301. The minimum Gasteiger partial charge on any atom is -0.549 e. The van der Waals surface area contributed by atoms with Gasteiger partial charge in [-0.3, -0.25) is 13.9 Å². The van der Waals surface area contributed by atoms with E-state index < -0.39 is 23.0 Å². The first-order chi connectivity index (χ1) is 12.8. The molecule has 0 bridgehead atoms. The summed E-state index contributed by atoms with van der Waals surface area (Å²) in [5.41, 5.74) is -0.487. The highest BCUT2D eigenvalue weighted by Crippen LogP contribution is 2.30. The van der Waals surface area contributed by atoms with E-state index in [9.17, 15) is 19.5 Å². The number of carboxylic acids is 1. The number of thioether (sulfide) groups is 1. The number of para-hydroxylation sites is 1. The van der Waals surface area contributed by atoms with Crippen LogP contribution < -0.4 is 21.1 Å². The highest BCUT2D eigenvalue weighted by Gasteiger charge is 2.19. The molecule has 0 radical (unpaired) electrons. The first-order valence-corrected chi connectivity index (χ1v) is 8.77. The Morgan fingerprint density at radius 2 is 1.89 bits per heavy atom. The van der Waals surface area contributed by atoms with Gasteiger partial charge in [0.05, 0.1) is 18.6 Å². The first-order valence-electron chi connectivity index (χ1n) is 7.79. The van der Waals surface area contributed by atoms with Gasteiger partial charge in [0.15, 0.2) is 11.5 Å². The third kappa shape index (κ3) is 3.31. The first kappa shape index (κ1) is 18.6. The molecular formula is C17H15N4O5S-. The fraction of sp³-hybridized carbons (Fsp3) is 0.235. The highest BCUT2D eigenvalue weighted by molar-refractivity contribution is 8.00. The maximum atomic E-state index is 12.6. The van der Waals surface area contributed by atoms with Gasteiger partial charge in [0.1, 0.15) is 16.2 Å². The summed E-state index contributed by atoms with van der Waals surface area (Å²) < 4.78 is 7.47. The van der Waals surface area contributed by atoms with E-state index in [1.807, 2.05) is 0 Å². The van der Waals surface area contributed by atoms with E-state index in [1.54, 1.807) is 24.3 Å². The normalized spacial score (nSPS) is 10.9. The van der Waals surface area contributed by atoms with Gasteiger partial charge in [-0.1, -0.05) is 23.9 Å². The van der Waals surface area contributed by atoms with Crippen LogP contribution in [0.4, 0.5) is 0 Å². The van der Waals surface area contributed by atoms with Gasteiger partial charge in [0.2, 0.25) is 0 Å². The van der Waals surface area contributed by atoms with Crippen LogP contribution in [0, 0.1) is 0 Å². The molecule has 0 aliphatic heterocycles. The molecule has 10 heteroatoms. The molecule has 140 valence electrons.